The molecule has 2 unspecified atom stereocenters. The molecule has 2 atom stereocenters. The van der Waals surface area contributed by atoms with E-state index in [1.165, 1.54) is 41.3 Å². The Balaban J connectivity index is 1.65. The van der Waals surface area contributed by atoms with Gasteiger partial charge in [-0.3, -0.25) is 0 Å². The molecule has 1 nitrogen and oxygen atoms in total. The third-order valence-corrected chi connectivity index (χ3v) is 6.54. The molecule has 0 amide bonds. The number of nitrogens with zero attached hydrogens (tertiary/aromatic N) is 1. The summed E-state index contributed by atoms with van der Waals surface area (Å²) in [6.45, 7) is 9.11. The SMILES string of the molecule is Cc1cc(-c2ccc3c(C(C)(C)C)cccc3n2)cc2c1C1CCC2C1. The number of aromatic nitrogens is 1. The average Bonchev–Trinajstić information content (AvgIpc) is 3.22. The van der Waals surface area contributed by atoms with Crippen molar-refractivity contribution in [2.24, 2.45) is 0 Å². The zero-order valence-electron chi connectivity index (χ0n) is 16.3. The molecule has 2 bridgehead atoms. The van der Waals surface area contributed by atoms with Crippen LogP contribution in [0.1, 0.15) is 74.1 Å². The van der Waals surface area contributed by atoms with Crippen LogP contribution in [-0.4, -0.2) is 4.98 Å². The second-order valence-corrected chi connectivity index (χ2v) is 9.32. The average molecular weight is 341 g/mol. The van der Waals surface area contributed by atoms with Gasteiger partial charge in [-0.05, 0) is 90.0 Å². The quantitative estimate of drug-likeness (QED) is 0.470. The van der Waals surface area contributed by atoms with Crippen molar-refractivity contribution in [3.05, 3.63) is 64.7 Å². The van der Waals surface area contributed by atoms with Gasteiger partial charge in [0.2, 0.25) is 0 Å². The second kappa shape index (κ2) is 5.42. The van der Waals surface area contributed by atoms with Crippen LogP contribution in [0.25, 0.3) is 22.2 Å². The summed E-state index contributed by atoms with van der Waals surface area (Å²) in [7, 11) is 0. The Bertz CT molecular complexity index is 1020. The van der Waals surface area contributed by atoms with Gasteiger partial charge in [0.25, 0.3) is 0 Å². The van der Waals surface area contributed by atoms with Crippen molar-refractivity contribution in [3.8, 4) is 11.3 Å². The molecule has 1 heterocycles. The van der Waals surface area contributed by atoms with Crippen LogP contribution < -0.4 is 0 Å². The van der Waals surface area contributed by atoms with Gasteiger partial charge in [0.15, 0.2) is 0 Å². The summed E-state index contributed by atoms with van der Waals surface area (Å²) in [5.74, 6) is 1.62. The lowest BCUT2D eigenvalue weighted by Gasteiger charge is -2.21. The lowest BCUT2D eigenvalue weighted by Crippen LogP contribution is -2.11. The lowest BCUT2D eigenvalue weighted by atomic mass is 9.84. The summed E-state index contributed by atoms with van der Waals surface area (Å²) in [5.41, 5.74) is 9.74. The van der Waals surface area contributed by atoms with Gasteiger partial charge in [0.05, 0.1) is 11.2 Å². The molecule has 0 N–H and O–H groups in total. The first-order valence-corrected chi connectivity index (χ1v) is 9.97. The van der Waals surface area contributed by atoms with Gasteiger partial charge in [-0.25, -0.2) is 4.98 Å². The minimum absolute atomic E-state index is 0.131. The third-order valence-electron chi connectivity index (χ3n) is 6.54. The fourth-order valence-corrected chi connectivity index (χ4v) is 5.36. The summed E-state index contributed by atoms with van der Waals surface area (Å²) in [5, 5.41) is 1.28. The Morgan fingerprint density at radius 3 is 2.58 bits per heavy atom. The molecular formula is C25H27N. The molecule has 1 aromatic heterocycles. The number of pyridine rings is 1. The molecule has 2 aromatic carbocycles. The molecule has 0 saturated heterocycles. The summed E-state index contributed by atoms with van der Waals surface area (Å²) >= 11 is 0. The molecule has 132 valence electrons. The van der Waals surface area contributed by atoms with Crippen molar-refractivity contribution in [3.63, 3.8) is 0 Å². The van der Waals surface area contributed by atoms with E-state index in [4.69, 9.17) is 4.98 Å². The van der Waals surface area contributed by atoms with E-state index >= 15 is 0 Å². The lowest BCUT2D eigenvalue weighted by molar-refractivity contribution is 0.596. The number of hydrogen-bond donors (Lipinski definition) is 0. The van der Waals surface area contributed by atoms with Crippen LogP contribution in [-0.2, 0) is 5.41 Å². The standard InChI is InChI=1S/C25H27N/c1-15-12-18(14-20-16-8-9-17(13-16)24(15)20)22-11-10-19-21(25(2,3)4)6-5-7-23(19)26-22/h5-7,10-12,14,16-17H,8-9,13H2,1-4H3. The molecule has 1 fully saturated rings. The molecule has 2 aliphatic carbocycles. The van der Waals surface area contributed by atoms with E-state index in [2.05, 4.69) is 70.2 Å². The third kappa shape index (κ3) is 2.33. The molecule has 2 aliphatic rings. The summed E-state index contributed by atoms with van der Waals surface area (Å²) in [4.78, 5) is 5.05. The first-order chi connectivity index (χ1) is 12.4. The fourth-order valence-electron chi connectivity index (χ4n) is 5.36. The van der Waals surface area contributed by atoms with Crippen LogP contribution in [0.2, 0.25) is 0 Å². The molecule has 26 heavy (non-hydrogen) atoms. The molecule has 5 rings (SSSR count). The fraction of sp³-hybridized carbons (Fsp3) is 0.400. The number of aryl methyl sites for hydroxylation is 1. The Morgan fingerprint density at radius 1 is 0.962 bits per heavy atom. The van der Waals surface area contributed by atoms with Crippen LogP contribution in [0.3, 0.4) is 0 Å². The number of hydrogen-bond acceptors (Lipinski definition) is 1. The maximum absolute atomic E-state index is 5.05. The normalized spacial score (nSPS) is 21.4. The van der Waals surface area contributed by atoms with Crippen LogP contribution in [0.15, 0.2) is 42.5 Å². The highest BCUT2D eigenvalue weighted by Crippen LogP contribution is 2.54. The van der Waals surface area contributed by atoms with E-state index in [1.54, 1.807) is 11.1 Å². The van der Waals surface area contributed by atoms with E-state index < -0.39 is 0 Å². The van der Waals surface area contributed by atoms with Crippen molar-refractivity contribution in [1.82, 2.24) is 4.98 Å². The number of rotatable bonds is 1. The van der Waals surface area contributed by atoms with Crippen molar-refractivity contribution in [2.45, 2.75) is 64.2 Å². The molecule has 1 heteroatoms. The zero-order valence-corrected chi connectivity index (χ0v) is 16.3. The number of fused-ring (bicyclic) bond motifs is 6. The van der Waals surface area contributed by atoms with Gasteiger partial charge in [-0.1, -0.05) is 39.0 Å². The summed E-state index contributed by atoms with van der Waals surface area (Å²) in [6, 6.07) is 15.8. The van der Waals surface area contributed by atoms with Crippen molar-refractivity contribution in [2.75, 3.05) is 0 Å². The van der Waals surface area contributed by atoms with Gasteiger partial charge in [0.1, 0.15) is 0 Å². The van der Waals surface area contributed by atoms with Crippen LogP contribution in [0.5, 0.6) is 0 Å². The highest BCUT2D eigenvalue weighted by molar-refractivity contribution is 5.85. The first kappa shape index (κ1) is 16.1. The Kier molecular flexibility index (Phi) is 3.35. The minimum atomic E-state index is 0.131. The first-order valence-electron chi connectivity index (χ1n) is 9.97. The van der Waals surface area contributed by atoms with Crippen LogP contribution >= 0.6 is 0 Å². The Morgan fingerprint density at radius 2 is 1.77 bits per heavy atom. The molecule has 0 spiro atoms. The summed E-state index contributed by atoms with van der Waals surface area (Å²) < 4.78 is 0. The van der Waals surface area contributed by atoms with E-state index in [0.29, 0.717) is 0 Å². The monoisotopic (exact) mass is 341 g/mol. The van der Waals surface area contributed by atoms with Gasteiger partial charge in [0, 0.05) is 10.9 Å². The topological polar surface area (TPSA) is 12.9 Å². The number of benzene rings is 2. The van der Waals surface area contributed by atoms with Crippen LogP contribution in [0, 0.1) is 6.92 Å². The minimum Gasteiger partial charge on any atom is -0.248 e. The van der Waals surface area contributed by atoms with Crippen molar-refractivity contribution >= 4 is 10.9 Å². The van der Waals surface area contributed by atoms with Gasteiger partial charge < -0.3 is 0 Å². The van der Waals surface area contributed by atoms with Crippen molar-refractivity contribution < 1.29 is 0 Å². The molecule has 1 saturated carbocycles. The zero-order chi connectivity index (χ0) is 18.1. The van der Waals surface area contributed by atoms with Gasteiger partial charge >= 0.3 is 0 Å². The Hall–Kier alpha value is -2.15. The maximum atomic E-state index is 5.05. The van der Waals surface area contributed by atoms with Crippen LogP contribution in [0.4, 0.5) is 0 Å². The largest absolute Gasteiger partial charge is 0.248 e. The van der Waals surface area contributed by atoms with E-state index in [1.807, 2.05) is 0 Å². The predicted molar refractivity (Wildman–Crippen MR) is 110 cm³/mol. The van der Waals surface area contributed by atoms with Gasteiger partial charge in [-0.15, -0.1) is 0 Å². The Labute approximate surface area is 156 Å². The molecular weight excluding hydrogens is 314 g/mol. The smallest absolute Gasteiger partial charge is 0.0712 e. The molecule has 0 aliphatic heterocycles. The van der Waals surface area contributed by atoms with E-state index in [0.717, 1.165) is 23.0 Å². The molecule has 0 radical (unpaired) electrons. The second-order valence-electron chi connectivity index (χ2n) is 9.32. The van der Waals surface area contributed by atoms with Crippen molar-refractivity contribution in [1.29, 1.82) is 0 Å². The summed E-state index contributed by atoms with van der Waals surface area (Å²) in [6.07, 6.45) is 4.14. The highest BCUT2D eigenvalue weighted by Gasteiger charge is 2.38. The van der Waals surface area contributed by atoms with E-state index in [9.17, 15) is 0 Å². The maximum Gasteiger partial charge on any atom is 0.0712 e. The van der Waals surface area contributed by atoms with Gasteiger partial charge in [-0.2, -0.15) is 0 Å². The molecule has 3 aromatic rings. The predicted octanol–water partition coefficient (Wildman–Crippen LogP) is 6.87. The highest BCUT2D eigenvalue weighted by atomic mass is 14.7. The van der Waals surface area contributed by atoms with E-state index in [-0.39, 0.29) is 5.41 Å².